The van der Waals surface area contributed by atoms with Crippen LogP contribution in [0.3, 0.4) is 0 Å². The van der Waals surface area contributed by atoms with E-state index in [1.54, 1.807) is 0 Å². The Labute approximate surface area is 122 Å². The van der Waals surface area contributed by atoms with Crippen LogP contribution in [0.15, 0.2) is 24.3 Å². The molecule has 1 aromatic carbocycles. The van der Waals surface area contributed by atoms with Gasteiger partial charge < -0.3 is 14.7 Å². The maximum atomic E-state index is 13.1. The fourth-order valence-corrected chi connectivity index (χ4v) is 2.48. The van der Waals surface area contributed by atoms with Gasteiger partial charge in [-0.3, -0.25) is 4.79 Å². The van der Waals surface area contributed by atoms with E-state index in [0.717, 1.165) is 0 Å². The number of halogens is 1. The van der Waals surface area contributed by atoms with Crippen molar-refractivity contribution in [1.82, 2.24) is 4.90 Å². The van der Waals surface area contributed by atoms with E-state index in [0.29, 0.717) is 12.1 Å². The van der Waals surface area contributed by atoms with Gasteiger partial charge in [-0.1, -0.05) is 26.0 Å². The van der Waals surface area contributed by atoms with Crippen LogP contribution in [0, 0.1) is 11.7 Å². The minimum absolute atomic E-state index is 0.185. The zero-order valence-corrected chi connectivity index (χ0v) is 12.0. The van der Waals surface area contributed by atoms with Gasteiger partial charge in [0.25, 0.3) is 0 Å². The van der Waals surface area contributed by atoms with Crippen molar-refractivity contribution in [3.8, 4) is 0 Å². The molecule has 0 spiro atoms. The molecule has 1 aromatic rings. The normalized spacial score (nSPS) is 22.7. The monoisotopic (exact) mass is 295 g/mol. The van der Waals surface area contributed by atoms with Crippen LogP contribution in [0.4, 0.5) is 4.39 Å². The number of amides is 1. The molecule has 1 aliphatic heterocycles. The number of hydrogen-bond acceptors (Lipinski definition) is 3. The standard InChI is InChI=1S/C15H18FNO4/c1-9(2)7-17-12(18)8-21-14(15(19)20)13(17)10-3-5-11(16)6-4-10/h3-6,9,13-14H,7-8H2,1-2H3,(H,19,20). The minimum Gasteiger partial charge on any atom is -0.479 e. The van der Waals surface area contributed by atoms with Crippen LogP contribution in [-0.4, -0.2) is 41.1 Å². The second-order valence-corrected chi connectivity index (χ2v) is 5.51. The zero-order chi connectivity index (χ0) is 15.6. The summed E-state index contributed by atoms with van der Waals surface area (Å²) in [5, 5.41) is 9.33. The highest BCUT2D eigenvalue weighted by molar-refractivity contribution is 5.83. The first-order chi connectivity index (χ1) is 9.90. The lowest BCUT2D eigenvalue weighted by Gasteiger charge is -2.40. The number of carbonyl (C=O) groups excluding carboxylic acids is 1. The van der Waals surface area contributed by atoms with Gasteiger partial charge in [0.1, 0.15) is 12.4 Å². The van der Waals surface area contributed by atoms with Gasteiger partial charge in [-0.05, 0) is 23.6 Å². The molecule has 1 saturated heterocycles. The third-order valence-corrected chi connectivity index (χ3v) is 3.35. The lowest BCUT2D eigenvalue weighted by molar-refractivity contribution is -0.173. The van der Waals surface area contributed by atoms with Crippen LogP contribution in [0.1, 0.15) is 25.5 Å². The first kappa shape index (κ1) is 15.4. The SMILES string of the molecule is CC(C)CN1C(=O)COC(C(=O)O)C1c1ccc(F)cc1. The molecule has 1 aliphatic rings. The number of morpholine rings is 1. The summed E-state index contributed by atoms with van der Waals surface area (Å²) in [5.74, 6) is -1.62. The molecule has 1 heterocycles. The van der Waals surface area contributed by atoms with Crippen molar-refractivity contribution in [2.24, 2.45) is 5.92 Å². The highest BCUT2D eigenvalue weighted by Crippen LogP contribution is 2.31. The van der Waals surface area contributed by atoms with Gasteiger partial charge in [0, 0.05) is 6.54 Å². The van der Waals surface area contributed by atoms with E-state index in [1.165, 1.54) is 29.2 Å². The molecule has 2 rings (SSSR count). The van der Waals surface area contributed by atoms with Gasteiger partial charge in [-0.25, -0.2) is 9.18 Å². The smallest absolute Gasteiger partial charge is 0.335 e. The van der Waals surface area contributed by atoms with Crippen molar-refractivity contribution in [3.63, 3.8) is 0 Å². The van der Waals surface area contributed by atoms with Crippen molar-refractivity contribution >= 4 is 11.9 Å². The number of hydrogen-bond donors (Lipinski definition) is 1. The fourth-order valence-electron chi connectivity index (χ4n) is 2.48. The molecule has 1 N–H and O–H groups in total. The summed E-state index contributed by atoms with van der Waals surface area (Å²) in [6, 6.07) is 4.74. The Bertz CT molecular complexity index is 529. The second-order valence-electron chi connectivity index (χ2n) is 5.51. The lowest BCUT2D eigenvalue weighted by Crippen LogP contribution is -2.52. The topological polar surface area (TPSA) is 66.8 Å². The summed E-state index contributed by atoms with van der Waals surface area (Å²) < 4.78 is 18.2. The molecular weight excluding hydrogens is 277 g/mol. The quantitative estimate of drug-likeness (QED) is 0.920. The number of carbonyl (C=O) groups is 2. The van der Waals surface area contributed by atoms with Gasteiger partial charge in [0.2, 0.25) is 5.91 Å². The number of aliphatic carboxylic acids is 1. The molecule has 2 atom stereocenters. The lowest BCUT2D eigenvalue weighted by atomic mass is 9.96. The summed E-state index contributed by atoms with van der Waals surface area (Å²) in [4.78, 5) is 25.0. The molecular formula is C15H18FNO4. The van der Waals surface area contributed by atoms with E-state index in [-0.39, 0.29) is 18.4 Å². The van der Waals surface area contributed by atoms with Crippen LogP contribution in [0.5, 0.6) is 0 Å². The van der Waals surface area contributed by atoms with Gasteiger partial charge in [-0.15, -0.1) is 0 Å². The van der Waals surface area contributed by atoms with E-state index in [9.17, 15) is 19.1 Å². The van der Waals surface area contributed by atoms with Crippen molar-refractivity contribution in [3.05, 3.63) is 35.6 Å². The summed E-state index contributed by atoms with van der Waals surface area (Å²) in [6.45, 7) is 4.07. The molecule has 0 bridgehead atoms. The van der Waals surface area contributed by atoms with Crippen LogP contribution in [0.2, 0.25) is 0 Å². The van der Waals surface area contributed by atoms with E-state index >= 15 is 0 Å². The highest BCUT2D eigenvalue weighted by atomic mass is 19.1. The number of carboxylic acids is 1. The van der Waals surface area contributed by atoms with Gasteiger partial charge >= 0.3 is 5.97 Å². The average Bonchev–Trinajstić information content (AvgIpc) is 2.41. The summed E-state index contributed by atoms with van der Waals surface area (Å²) in [5.41, 5.74) is 0.553. The van der Waals surface area contributed by atoms with Crippen LogP contribution < -0.4 is 0 Å². The van der Waals surface area contributed by atoms with Crippen LogP contribution in [0.25, 0.3) is 0 Å². The Morgan fingerprint density at radius 2 is 2.05 bits per heavy atom. The third-order valence-electron chi connectivity index (χ3n) is 3.35. The summed E-state index contributed by atoms with van der Waals surface area (Å²) in [7, 11) is 0. The maximum absolute atomic E-state index is 13.1. The predicted molar refractivity (Wildman–Crippen MR) is 73.1 cm³/mol. The molecule has 0 aliphatic carbocycles. The van der Waals surface area contributed by atoms with Gasteiger partial charge in [-0.2, -0.15) is 0 Å². The minimum atomic E-state index is -1.15. The molecule has 2 unspecified atom stereocenters. The van der Waals surface area contributed by atoms with E-state index in [2.05, 4.69) is 0 Å². The van der Waals surface area contributed by atoms with Crippen molar-refractivity contribution in [2.45, 2.75) is 26.0 Å². The van der Waals surface area contributed by atoms with E-state index < -0.39 is 23.9 Å². The number of benzene rings is 1. The highest BCUT2D eigenvalue weighted by Gasteiger charge is 2.41. The van der Waals surface area contributed by atoms with E-state index in [4.69, 9.17) is 4.74 Å². The summed E-state index contributed by atoms with van der Waals surface area (Å²) in [6.07, 6.45) is -1.15. The van der Waals surface area contributed by atoms with Crippen molar-refractivity contribution in [2.75, 3.05) is 13.2 Å². The van der Waals surface area contributed by atoms with Crippen molar-refractivity contribution < 1.29 is 23.8 Å². The predicted octanol–water partition coefficient (Wildman–Crippen LogP) is 1.83. The Balaban J connectivity index is 2.40. The number of carboxylic acid groups (broad SMARTS) is 1. The molecule has 6 heteroatoms. The van der Waals surface area contributed by atoms with Gasteiger partial charge in [0.15, 0.2) is 6.10 Å². The Hall–Kier alpha value is -1.95. The number of ether oxygens (including phenoxy) is 1. The van der Waals surface area contributed by atoms with Crippen LogP contribution >= 0.6 is 0 Å². The number of rotatable bonds is 4. The molecule has 0 saturated carbocycles. The second kappa shape index (κ2) is 6.22. The Kier molecular flexibility index (Phi) is 4.57. The Morgan fingerprint density at radius 1 is 1.43 bits per heavy atom. The molecule has 1 amide bonds. The molecule has 1 fully saturated rings. The van der Waals surface area contributed by atoms with E-state index in [1.807, 2.05) is 13.8 Å². The molecule has 0 aromatic heterocycles. The first-order valence-corrected chi connectivity index (χ1v) is 6.79. The Morgan fingerprint density at radius 3 is 2.57 bits per heavy atom. The van der Waals surface area contributed by atoms with Crippen molar-refractivity contribution in [1.29, 1.82) is 0 Å². The molecule has 0 radical (unpaired) electrons. The fraction of sp³-hybridized carbons (Fsp3) is 0.467. The number of nitrogens with zero attached hydrogens (tertiary/aromatic N) is 1. The third kappa shape index (κ3) is 3.39. The first-order valence-electron chi connectivity index (χ1n) is 6.79. The largest absolute Gasteiger partial charge is 0.479 e. The molecule has 114 valence electrons. The average molecular weight is 295 g/mol. The maximum Gasteiger partial charge on any atom is 0.335 e. The molecule has 5 nitrogen and oxygen atoms in total. The van der Waals surface area contributed by atoms with Gasteiger partial charge in [0.05, 0.1) is 6.04 Å². The van der Waals surface area contributed by atoms with Crippen LogP contribution in [-0.2, 0) is 14.3 Å². The zero-order valence-electron chi connectivity index (χ0n) is 12.0. The summed E-state index contributed by atoms with van der Waals surface area (Å²) >= 11 is 0. The molecule has 21 heavy (non-hydrogen) atoms.